The quantitative estimate of drug-likeness (QED) is 0.389. The van der Waals surface area contributed by atoms with E-state index in [4.69, 9.17) is 11.6 Å². The topological polar surface area (TPSA) is 99.2 Å². The number of aromatic nitrogens is 2. The van der Waals surface area contributed by atoms with E-state index in [9.17, 15) is 14.4 Å². The number of pyridine rings is 1. The Kier molecular flexibility index (Phi) is 6.63. The van der Waals surface area contributed by atoms with Crippen molar-refractivity contribution < 1.29 is 9.59 Å². The SMILES string of the molecule is CN1CC[C@@H](NC(=O)c2ccc3c(Cl)c[nH]c3c2)[C@@H](NC(=O)c2ccc(-n3ccccc3=O)cc2)C1. The van der Waals surface area contributed by atoms with Gasteiger partial charge in [-0.25, -0.2) is 0 Å². The number of amides is 2. The molecule has 5 rings (SSSR count). The summed E-state index contributed by atoms with van der Waals surface area (Å²) in [5.74, 6) is -0.432. The molecule has 184 valence electrons. The third-order valence-corrected chi connectivity index (χ3v) is 6.89. The van der Waals surface area contributed by atoms with Crippen LogP contribution in [-0.2, 0) is 0 Å². The molecular formula is C27H26ClN5O3. The lowest BCUT2D eigenvalue weighted by Crippen LogP contribution is -2.59. The standard InChI is InChI=1S/C27H26ClN5O3/c1-32-13-11-22(30-27(36)18-7-10-20-21(28)15-29-23(20)14-18)24(16-32)31-26(35)17-5-8-19(9-6-17)33-12-3-2-4-25(33)34/h2-10,12,14-15,22,24,29H,11,13,16H2,1H3,(H,30,36)(H,31,35)/t22-,24+/m1/s1. The maximum absolute atomic E-state index is 13.1. The summed E-state index contributed by atoms with van der Waals surface area (Å²) in [6.45, 7) is 1.42. The van der Waals surface area contributed by atoms with Gasteiger partial charge in [0.1, 0.15) is 0 Å². The number of halogens is 1. The summed E-state index contributed by atoms with van der Waals surface area (Å²) in [4.78, 5) is 43.4. The van der Waals surface area contributed by atoms with E-state index in [2.05, 4.69) is 20.5 Å². The largest absolute Gasteiger partial charge is 0.360 e. The molecule has 1 aliphatic heterocycles. The number of carbonyl (C=O) groups is 2. The minimum Gasteiger partial charge on any atom is -0.360 e. The number of likely N-dealkylation sites (N-methyl/N-ethyl adjacent to an activating group) is 1. The van der Waals surface area contributed by atoms with Crippen molar-refractivity contribution in [1.82, 2.24) is 25.1 Å². The molecule has 1 fully saturated rings. The van der Waals surface area contributed by atoms with Gasteiger partial charge >= 0.3 is 0 Å². The molecule has 0 unspecified atom stereocenters. The van der Waals surface area contributed by atoms with Gasteiger partial charge in [-0.1, -0.05) is 23.7 Å². The van der Waals surface area contributed by atoms with E-state index in [-0.39, 0.29) is 29.5 Å². The van der Waals surface area contributed by atoms with Crippen LogP contribution < -0.4 is 16.2 Å². The average molecular weight is 504 g/mol. The summed E-state index contributed by atoms with van der Waals surface area (Å²) in [6, 6.07) is 16.7. The predicted octanol–water partition coefficient (Wildman–Crippen LogP) is 3.20. The van der Waals surface area contributed by atoms with E-state index >= 15 is 0 Å². The number of aromatic amines is 1. The molecule has 3 N–H and O–H groups in total. The average Bonchev–Trinajstić information content (AvgIpc) is 3.26. The zero-order valence-electron chi connectivity index (χ0n) is 19.7. The first-order chi connectivity index (χ1) is 17.4. The van der Waals surface area contributed by atoms with Crippen LogP contribution in [-0.4, -0.2) is 58.5 Å². The molecule has 2 aromatic carbocycles. The van der Waals surface area contributed by atoms with E-state index in [0.29, 0.717) is 34.8 Å². The summed E-state index contributed by atoms with van der Waals surface area (Å²) < 4.78 is 1.52. The fourth-order valence-corrected chi connectivity index (χ4v) is 4.80. The summed E-state index contributed by atoms with van der Waals surface area (Å²) >= 11 is 6.15. The molecule has 1 aliphatic rings. The molecule has 4 aromatic rings. The summed E-state index contributed by atoms with van der Waals surface area (Å²) in [5.41, 5.74) is 2.34. The highest BCUT2D eigenvalue weighted by atomic mass is 35.5. The molecule has 8 nitrogen and oxygen atoms in total. The van der Waals surface area contributed by atoms with E-state index in [1.165, 1.54) is 10.6 Å². The Balaban J connectivity index is 1.29. The van der Waals surface area contributed by atoms with Crippen LogP contribution in [0.5, 0.6) is 0 Å². The van der Waals surface area contributed by atoms with Gasteiger partial charge in [-0.3, -0.25) is 19.0 Å². The number of nitrogens with one attached hydrogen (secondary N) is 3. The second-order valence-electron chi connectivity index (χ2n) is 9.06. The Hall–Kier alpha value is -3.88. The summed E-state index contributed by atoms with van der Waals surface area (Å²) in [7, 11) is 1.99. The third kappa shape index (κ3) is 4.91. The van der Waals surface area contributed by atoms with Gasteiger partial charge in [0.2, 0.25) is 0 Å². The first-order valence-corrected chi connectivity index (χ1v) is 12.1. The van der Waals surface area contributed by atoms with Crippen molar-refractivity contribution in [1.29, 1.82) is 0 Å². The lowest BCUT2D eigenvalue weighted by molar-refractivity contribution is 0.0828. The van der Waals surface area contributed by atoms with Gasteiger partial charge in [-0.2, -0.15) is 0 Å². The van der Waals surface area contributed by atoms with E-state index in [1.807, 2.05) is 13.1 Å². The molecule has 2 amide bonds. The zero-order chi connectivity index (χ0) is 25.2. The molecule has 0 spiro atoms. The minimum absolute atomic E-state index is 0.142. The first kappa shape index (κ1) is 23.8. The maximum Gasteiger partial charge on any atom is 0.255 e. The smallest absolute Gasteiger partial charge is 0.255 e. The highest BCUT2D eigenvalue weighted by Crippen LogP contribution is 2.24. The van der Waals surface area contributed by atoms with Gasteiger partial charge in [0.25, 0.3) is 17.4 Å². The molecule has 2 aromatic heterocycles. The normalized spacial score (nSPS) is 18.2. The molecule has 0 saturated carbocycles. The summed E-state index contributed by atoms with van der Waals surface area (Å²) in [6.07, 6.45) is 4.09. The fourth-order valence-electron chi connectivity index (χ4n) is 4.58. The second kappa shape index (κ2) is 10.0. The number of hydrogen-bond donors (Lipinski definition) is 3. The monoisotopic (exact) mass is 503 g/mol. The van der Waals surface area contributed by atoms with E-state index in [0.717, 1.165) is 17.4 Å². The highest BCUT2D eigenvalue weighted by molar-refractivity contribution is 6.35. The lowest BCUT2D eigenvalue weighted by Gasteiger charge is -2.37. The zero-order valence-corrected chi connectivity index (χ0v) is 20.5. The third-order valence-electron chi connectivity index (χ3n) is 6.57. The van der Waals surface area contributed by atoms with Crippen LogP contribution in [0.3, 0.4) is 0 Å². The van der Waals surface area contributed by atoms with Crippen LogP contribution in [0.25, 0.3) is 16.6 Å². The molecule has 0 radical (unpaired) electrons. The number of hydrogen-bond acceptors (Lipinski definition) is 4. The molecule has 0 aliphatic carbocycles. The second-order valence-corrected chi connectivity index (χ2v) is 9.47. The highest BCUT2D eigenvalue weighted by Gasteiger charge is 2.30. The van der Waals surface area contributed by atoms with Crippen LogP contribution in [0.4, 0.5) is 0 Å². The number of rotatable bonds is 5. The van der Waals surface area contributed by atoms with Gasteiger partial charge in [0, 0.05) is 52.7 Å². The van der Waals surface area contributed by atoms with Crippen LogP contribution in [0, 0.1) is 0 Å². The van der Waals surface area contributed by atoms with Crippen LogP contribution in [0.1, 0.15) is 27.1 Å². The van der Waals surface area contributed by atoms with Crippen molar-refractivity contribution in [3.63, 3.8) is 0 Å². The van der Waals surface area contributed by atoms with Crippen LogP contribution >= 0.6 is 11.6 Å². The Morgan fingerprint density at radius 3 is 2.47 bits per heavy atom. The van der Waals surface area contributed by atoms with Crippen molar-refractivity contribution >= 4 is 34.3 Å². The van der Waals surface area contributed by atoms with E-state index < -0.39 is 0 Å². The van der Waals surface area contributed by atoms with Crippen molar-refractivity contribution in [3.8, 4) is 5.69 Å². The molecule has 36 heavy (non-hydrogen) atoms. The van der Waals surface area contributed by atoms with Gasteiger partial charge in [0.05, 0.1) is 17.1 Å². The molecule has 0 bridgehead atoms. The number of carbonyl (C=O) groups excluding carboxylic acids is 2. The minimum atomic E-state index is -0.264. The van der Waals surface area contributed by atoms with E-state index in [1.54, 1.807) is 60.9 Å². The van der Waals surface area contributed by atoms with Crippen LogP contribution in [0.2, 0.25) is 5.02 Å². The molecule has 2 atom stereocenters. The van der Waals surface area contributed by atoms with Gasteiger partial charge in [-0.15, -0.1) is 0 Å². The molecule has 1 saturated heterocycles. The molecule has 9 heteroatoms. The molecular weight excluding hydrogens is 478 g/mol. The van der Waals surface area contributed by atoms with Crippen molar-refractivity contribution in [3.05, 3.63) is 99.6 Å². The predicted molar refractivity (Wildman–Crippen MR) is 140 cm³/mol. The van der Waals surface area contributed by atoms with Gasteiger partial charge in [0.15, 0.2) is 0 Å². The number of likely N-dealkylation sites (tertiary alicyclic amines) is 1. The molecule has 3 heterocycles. The summed E-state index contributed by atoms with van der Waals surface area (Å²) in [5, 5.41) is 7.67. The number of benzene rings is 2. The number of H-pyrrole nitrogens is 1. The Labute approximate surface area is 212 Å². The Morgan fingerprint density at radius 2 is 1.69 bits per heavy atom. The number of fused-ring (bicyclic) bond motifs is 1. The van der Waals surface area contributed by atoms with Gasteiger partial charge < -0.3 is 20.5 Å². The number of piperidine rings is 1. The lowest BCUT2D eigenvalue weighted by atomic mass is 9.98. The van der Waals surface area contributed by atoms with Gasteiger partial charge in [-0.05, 0) is 62.5 Å². The van der Waals surface area contributed by atoms with Crippen molar-refractivity contribution in [2.75, 3.05) is 20.1 Å². The van der Waals surface area contributed by atoms with Crippen LogP contribution in [0.15, 0.2) is 77.9 Å². The first-order valence-electron chi connectivity index (χ1n) is 11.7. The Morgan fingerprint density at radius 1 is 0.972 bits per heavy atom. The fraction of sp³-hybridized carbons (Fsp3) is 0.222. The van der Waals surface area contributed by atoms with Crippen molar-refractivity contribution in [2.45, 2.75) is 18.5 Å². The number of nitrogens with zero attached hydrogens (tertiary/aromatic N) is 2. The maximum atomic E-state index is 13.1. The Bertz CT molecular complexity index is 1480. The van der Waals surface area contributed by atoms with Crippen molar-refractivity contribution in [2.24, 2.45) is 0 Å².